The third kappa shape index (κ3) is 10.4. The van der Waals surface area contributed by atoms with Gasteiger partial charge in [-0.05, 0) is 18.8 Å². The first-order valence-electron chi connectivity index (χ1n) is 8.72. The van der Waals surface area contributed by atoms with Crippen molar-refractivity contribution >= 4 is 29.6 Å². The molecule has 0 bridgehead atoms. The van der Waals surface area contributed by atoms with E-state index in [1.54, 1.807) is 0 Å². The van der Waals surface area contributed by atoms with Crippen LogP contribution in [0.15, 0.2) is 0 Å². The molecule has 0 aliphatic heterocycles. The Morgan fingerprint density at radius 3 is 2.07 bits per heavy atom. The first-order valence-corrected chi connectivity index (χ1v) is 8.72. The van der Waals surface area contributed by atoms with Gasteiger partial charge >= 0.3 is 5.97 Å². The van der Waals surface area contributed by atoms with E-state index in [4.69, 9.17) is 16.6 Å². The molecule has 12 nitrogen and oxygen atoms in total. The van der Waals surface area contributed by atoms with Gasteiger partial charge in [-0.3, -0.25) is 19.2 Å². The molecule has 0 aliphatic carbocycles. The molecule has 3 unspecified atom stereocenters. The van der Waals surface area contributed by atoms with E-state index in [1.165, 1.54) is 0 Å². The SMILES string of the molecule is CC(C)CC(N)C(=O)NCC(=O)NC(CO)C(=O)NC(CCC(N)=O)C(=O)O. The highest BCUT2D eigenvalue weighted by Crippen LogP contribution is 2.02. The summed E-state index contributed by atoms with van der Waals surface area (Å²) in [4.78, 5) is 57.6. The topological polar surface area (TPSA) is 214 Å². The average Bonchev–Trinajstić information content (AvgIpc) is 2.59. The third-order valence-corrected chi connectivity index (χ3v) is 3.61. The van der Waals surface area contributed by atoms with E-state index in [1.807, 2.05) is 13.8 Å². The molecule has 3 atom stereocenters. The monoisotopic (exact) mass is 403 g/mol. The highest BCUT2D eigenvalue weighted by molar-refractivity contribution is 5.92. The number of hydrogen-bond donors (Lipinski definition) is 7. The lowest BCUT2D eigenvalue weighted by atomic mass is 10.0. The third-order valence-electron chi connectivity index (χ3n) is 3.61. The van der Waals surface area contributed by atoms with Crippen molar-refractivity contribution in [3.8, 4) is 0 Å². The van der Waals surface area contributed by atoms with Crippen LogP contribution in [0.1, 0.15) is 33.1 Å². The fourth-order valence-corrected chi connectivity index (χ4v) is 2.17. The van der Waals surface area contributed by atoms with Gasteiger partial charge in [-0.1, -0.05) is 13.8 Å². The van der Waals surface area contributed by atoms with E-state index < -0.39 is 60.9 Å². The summed E-state index contributed by atoms with van der Waals surface area (Å²) in [6, 6.07) is -3.64. The summed E-state index contributed by atoms with van der Waals surface area (Å²) in [6.07, 6.45) is -0.0840. The zero-order valence-electron chi connectivity index (χ0n) is 15.9. The van der Waals surface area contributed by atoms with Gasteiger partial charge in [-0.2, -0.15) is 0 Å². The average molecular weight is 403 g/mol. The van der Waals surface area contributed by atoms with Gasteiger partial charge in [0.05, 0.1) is 19.2 Å². The molecule has 4 amide bonds. The molecule has 0 aromatic rings. The molecule has 160 valence electrons. The quantitative estimate of drug-likeness (QED) is 0.166. The molecule has 28 heavy (non-hydrogen) atoms. The Morgan fingerprint density at radius 2 is 1.61 bits per heavy atom. The normalized spacial score (nSPS) is 13.9. The second-order valence-corrected chi connectivity index (χ2v) is 6.66. The molecule has 0 spiro atoms. The van der Waals surface area contributed by atoms with Crippen LogP contribution in [0.4, 0.5) is 0 Å². The van der Waals surface area contributed by atoms with Crippen LogP contribution in [0.3, 0.4) is 0 Å². The van der Waals surface area contributed by atoms with Gasteiger partial charge in [0.15, 0.2) is 0 Å². The van der Waals surface area contributed by atoms with Crippen LogP contribution in [0, 0.1) is 5.92 Å². The van der Waals surface area contributed by atoms with Gasteiger partial charge in [0.25, 0.3) is 0 Å². The number of rotatable bonds is 13. The van der Waals surface area contributed by atoms with E-state index in [2.05, 4.69) is 16.0 Å². The smallest absolute Gasteiger partial charge is 0.326 e. The molecule has 0 heterocycles. The van der Waals surface area contributed by atoms with Crippen LogP contribution in [-0.2, 0) is 24.0 Å². The summed E-state index contributed by atoms with van der Waals surface area (Å²) >= 11 is 0. The largest absolute Gasteiger partial charge is 0.480 e. The molecule has 0 saturated heterocycles. The lowest BCUT2D eigenvalue weighted by Crippen LogP contribution is -2.55. The highest BCUT2D eigenvalue weighted by Gasteiger charge is 2.26. The maximum Gasteiger partial charge on any atom is 0.326 e. The second-order valence-electron chi connectivity index (χ2n) is 6.66. The summed E-state index contributed by atoms with van der Waals surface area (Å²) < 4.78 is 0. The van der Waals surface area contributed by atoms with Gasteiger partial charge in [-0.15, -0.1) is 0 Å². The first kappa shape index (κ1) is 25.3. The predicted octanol–water partition coefficient (Wildman–Crippen LogP) is -3.21. The van der Waals surface area contributed by atoms with Crippen molar-refractivity contribution in [2.75, 3.05) is 13.2 Å². The van der Waals surface area contributed by atoms with Crippen LogP contribution in [0.2, 0.25) is 0 Å². The molecule has 0 rings (SSSR count). The molecule has 0 aromatic carbocycles. The zero-order chi connectivity index (χ0) is 21.9. The van der Waals surface area contributed by atoms with Gasteiger partial charge < -0.3 is 37.6 Å². The number of primary amides is 1. The summed E-state index contributed by atoms with van der Waals surface area (Å²) in [6.45, 7) is 2.50. The summed E-state index contributed by atoms with van der Waals surface area (Å²) in [5.41, 5.74) is 10.6. The van der Waals surface area contributed by atoms with Crippen LogP contribution >= 0.6 is 0 Å². The van der Waals surface area contributed by atoms with E-state index in [0.717, 1.165) is 0 Å². The van der Waals surface area contributed by atoms with Gasteiger partial charge in [0.2, 0.25) is 23.6 Å². The number of aliphatic hydroxyl groups excluding tert-OH is 1. The van der Waals surface area contributed by atoms with E-state index in [0.29, 0.717) is 6.42 Å². The summed E-state index contributed by atoms with van der Waals surface area (Å²) in [7, 11) is 0. The Hall–Kier alpha value is -2.73. The number of carbonyl (C=O) groups excluding carboxylic acids is 4. The molecule has 0 aromatic heterocycles. The molecule has 12 heteroatoms. The lowest BCUT2D eigenvalue weighted by molar-refractivity contribution is -0.142. The van der Waals surface area contributed by atoms with Crippen LogP contribution in [0.5, 0.6) is 0 Å². The van der Waals surface area contributed by atoms with Crippen molar-refractivity contribution < 1.29 is 34.2 Å². The van der Waals surface area contributed by atoms with Crippen LogP contribution < -0.4 is 27.4 Å². The number of aliphatic hydroxyl groups is 1. The standard InChI is InChI=1S/C16H29N5O7/c1-8(2)5-9(17)14(25)19-6-13(24)20-11(7-22)15(26)21-10(16(27)28)3-4-12(18)23/h8-11,22H,3-7,17H2,1-2H3,(H2,18,23)(H,19,25)(H,20,24)(H,21,26)(H,27,28). The number of carboxylic acids is 1. The first-order chi connectivity index (χ1) is 13.0. The number of aliphatic carboxylic acids is 1. The number of carbonyl (C=O) groups is 5. The molecular weight excluding hydrogens is 374 g/mol. The number of hydrogen-bond acceptors (Lipinski definition) is 7. The Morgan fingerprint density at radius 1 is 1.00 bits per heavy atom. The highest BCUT2D eigenvalue weighted by atomic mass is 16.4. The number of carboxylic acid groups (broad SMARTS) is 1. The molecule has 0 fully saturated rings. The van der Waals surface area contributed by atoms with Crippen molar-refractivity contribution in [2.24, 2.45) is 17.4 Å². The van der Waals surface area contributed by atoms with Gasteiger partial charge in [-0.25, -0.2) is 4.79 Å². The fraction of sp³-hybridized carbons (Fsp3) is 0.688. The van der Waals surface area contributed by atoms with E-state index in [9.17, 15) is 29.1 Å². The van der Waals surface area contributed by atoms with Crippen LogP contribution in [0.25, 0.3) is 0 Å². The van der Waals surface area contributed by atoms with E-state index >= 15 is 0 Å². The van der Waals surface area contributed by atoms with Gasteiger partial charge in [0, 0.05) is 6.42 Å². The minimum Gasteiger partial charge on any atom is -0.480 e. The van der Waals surface area contributed by atoms with E-state index in [-0.39, 0.29) is 18.8 Å². The minimum atomic E-state index is -1.44. The molecule has 0 radical (unpaired) electrons. The maximum atomic E-state index is 12.1. The van der Waals surface area contributed by atoms with Crippen LogP contribution in [-0.4, -0.2) is 71.1 Å². The Balaban J connectivity index is 4.62. The summed E-state index contributed by atoms with van der Waals surface area (Å²) in [5.74, 6) is -4.22. The fourth-order valence-electron chi connectivity index (χ4n) is 2.17. The van der Waals surface area contributed by atoms with Crippen molar-refractivity contribution in [2.45, 2.75) is 51.2 Å². The molecule has 0 aliphatic rings. The van der Waals surface area contributed by atoms with Gasteiger partial charge in [0.1, 0.15) is 12.1 Å². The molecule has 0 saturated carbocycles. The van der Waals surface area contributed by atoms with Crippen molar-refractivity contribution in [3.63, 3.8) is 0 Å². The molecular formula is C16H29N5O7. The maximum absolute atomic E-state index is 12.1. The van der Waals surface area contributed by atoms with Crippen molar-refractivity contribution in [1.82, 2.24) is 16.0 Å². The Bertz CT molecular complexity index is 582. The lowest BCUT2D eigenvalue weighted by Gasteiger charge is -2.20. The minimum absolute atomic E-state index is 0.189. The predicted molar refractivity (Wildman–Crippen MR) is 97.5 cm³/mol. The Kier molecular flexibility index (Phi) is 11.4. The Labute approximate surface area is 162 Å². The van der Waals surface area contributed by atoms with Crippen molar-refractivity contribution in [1.29, 1.82) is 0 Å². The number of nitrogens with two attached hydrogens (primary N) is 2. The zero-order valence-corrected chi connectivity index (χ0v) is 15.9. The number of nitrogens with one attached hydrogen (secondary N) is 3. The van der Waals surface area contributed by atoms with Crippen molar-refractivity contribution in [3.05, 3.63) is 0 Å². The number of amides is 4. The molecule has 9 N–H and O–H groups in total. The second kappa shape index (κ2) is 12.6. The summed E-state index contributed by atoms with van der Waals surface area (Å²) in [5, 5.41) is 24.9.